The fourth-order valence-corrected chi connectivity index (χ4v) is 2.39. The van der Waals surface area contributed by atoms with Gasteiger partial charge < -0.3 is 10.6 Å². The van der Waals surface area contributed by atoms with Crippen LogP contribution < -0.4 is 10.6 Å². The Morgan fingerprint density at radius 3 is 2.67 bits per heavy atom. The Kier molecular flexibility index (Phi) is 4.06. The van der Waals surface area contributed by atoms with Crippen molar-refractivity contribution < 1.29 is 0 Å². The van der Waals surface area contributed by atoms with Crippen molar-refractivity contribution in [2.75, 3.05) is 17.2 Å². The van der Waals surface area contributed by atoms with E-state index in [1.165, 1.54) is 4.88 Å². The van der Waals surface area contributed by atoms with Gasteiger partial charge >= 0.3 is 0 Å². The molecule has 0 amide bonds. The monoisotopic (exact) mass is 301 g/mol. The number of rotatable bonds is 6. The summed E-state index contributed by atoms with van der Waals surface area (Å²) in [5.74, 6) is 1.55. The smallest absolute Gasteiger partial charge is 0.257 e. The van der Waals surface area contributed by atoms with Crippen LogP contribution in [0.15, 0.2) is 36.0 Å². The molecule has 3 rings (SSSR count). The lowest BCUT2D eigenvalue weighted by molar-refractivity contribution is 0.795. The van der Waals surface area contributed by atoms with Crippen molar-refractivity contribution >= 4 is 23.2 Å². The second-order valence-electron chi connectivity index (χ2n) is 4.20. The highest BCUT2D eigenvalue weighted by Gasteiger charge is 2.08. The average molecular weight is 301 g/mol. The summed E-state index contributed by atoms with van der Waals surface area (Å²) in [6.07, 6.45) is 3.49. The molecule has 3 aromatic rings. The highest BCUT2D eigenvalue weighted by atomic mass is 32.1. The summed E-state index contributed by atoms with van der Waals surface area (Å²) in [5, 5.41) is 12.5. The zero-order valence-electron chi connectivity index (χ0n) is 11.5. The van der Waals surface area contributed by atoms with Crippen LogP contribution in [0.4, 0.5) is 11.9 Å². The van der Waals surface area contributed by atoms with Gasteiger partial charge in [-0.15, -0.1) is 11.3 Å². The van der Waals surface area contributed by atoms with Crippen LogP contribution >= 0.6 is 11.3 Å². The van der Waals surface area contributed by atoms with E-state index in [2.05, 4.69) is 36.8 Å². The van der Waals surface area contributed by atoms with Crippen LogP contribution in [0.3, 0.4) is 0 Å². The lowest BCUT2D eigenvalue weighted by atomic mass is 10.5. The largest absolute Gasteiger partial charge is 0.354 e. The predicted molar refractivity (Wildman–Crippen MR) is 82.8 cm³/mol. The van der Waals surface area contributed by atoms with E-state index in [1.54, 1.807) is 28.4 Å². The van der Waals surface area contributed by atoms with Gasteiger partial charge in [-0.05, 0) is 24.4 Å². The van der Waals surface area contributed by atoms with Crippen molar-refractivity contribution in [3.63, 3.8) is 0 Å². The molecular formula is C13H15N7S. The molecule has 0 aliphatic rings. The maximum Gasteiger partial charge on any atom is 0.257 e. The highest BCUT2D eigenvalue weighted by molar-refractivity contribution is 7.09. The van der Waals surface area contributed by atoms with Crippen LogP contribution in [0, 0.1) is 0 Å². The molecule has 0 bridgehead atoms. The number of nitrogens with one attached hydrogen (secondary N) is 2. The van der Waals surface area contributed by atoms with Crippen molar-refractivity contribution in [3.8, 4) is 5.95 Å². The minimum atomic E-state index is 0.486. The molecule has 0 saturated carbocycles. The third kappa shape index (κ3) is 3.34. The van der Waals surface area contributed by atoms with Crippen molar-refractivity contribution in [2.45, 2.75) is 13.5 Å². The second kappa shape index (κ2) is 6.31. The topological polar surface area (TPSA) is 80.5 Å². The summed E-state index contributed by atoms with van der Waals surface area (Å²) in [6.45, 7) is 3.43. The number of hydrogen-bond donors (Lipinski definition) is 2. The van der Waals surface area contributed by atoms with Crippen LogP contribution in [0.5, 0.6) is 0 Å². The number of thiophene rings is 1. The van der Waals surface area contributed by atoms with Crippen LogP contribution in [-0.4, -0.2) is 31.3 Å². The fraction of sp³-hybridized carbons (Fsp3) is 0.231. The van der Waals surface area contributed by atoms with Gasteiger partial charge in [-0.3, -0.25) is 0 Å². The maximum atomic E-state index is 4.39. The van der Waals surface area contributed by atoms with E-state index in [0.717, 1.165) is 6.54 Å². The lowest BCUT2D eigenvalue weighted by Crippen LogP contribution is -2.12. The Labute approximate surface area is 126 Å². The van der Waals surface area contributed by atoms with Crippen molar-refractivity contribution in [1.29, 1.82) is 0 Å². The summed E-state index contributed by atoms with van der Waals surface area (Å²) in [5.41, 5.74) is 0. The summed E-state index contributed by atoms with van der Waals surface area (Å²) in [7, 11) is 0. The molecule has 0 radical (unpaired) electrons. The van der Waals surface area contributed by atoms with Gasteiger partial charge in [0, 0.05) is 23.8 Å². The average Bonchev–Trinajstić information content (AvgIpc) is 3.19. The van der Waals surface area contributed by atoms with E-state index in [4.69, 9.17) is 0 Å². The number of aromatic nitrogens is 5. The van der Waals surface area contributed by atoms with Crippen molar-refractivity contribution in [1.82, 2.24) is 24.7 Å². The quantitative estimate of drug-likeness (QED) is 0.726. The minimum Gasteiger partial charge on any atom is -0.354 e. The minimum absolute atomic E-state index is 0.486. The zero-order valence-corrected chi connectivity index (χ0v) is 12.3. The molecule has 0 unspecified atom stereocenters. The molecule has 7 nitrogen and oxygen atoms in total. The van der Waals surface area contributed by atoms with Gasteiger partial charge in [0.25, 0.3) is 5.95 Å². The van der Waals surface area contributed by atoms with Crippen LogP contribution in [-0.2, 0) is 6.54 Å². The first-order chi connectivity index (χ1) is 10.3. The zero-order chi connectivity index (χ0) is 14.5. The van der Waals surface area contributed by atoms with Gasteiger partial charge in [-0.25, -0.2) is 4.68 Å². The standard InChI is InChI=1S/C13H15N7S/c1-2-14-11-17-12(15-9-10-5-3-8-21-10)19-13(18-11)20-7-4-6-16-20/h3-8H,2,9H2,1H3,(H2,14,15,17,18,19). The molecule has 0 spiro atoms. The molecule has 2 N–H and O–H groups in total. The lowest BCUT2D eigenvalue weighted by Gasteiger charge is -2.08. The Hall–Kier alpha value is -2.48. The molecule has 3 aromatic heterocycles. The molecule has 8 heteroatoms. The molecule has 0 fully saturated rings. The van der Waals surface area contributed by atoms with E-state index >= 15 is 0 Å². The van der Waals surface area contributed by atoms with E-state index in [0.29, 0.717) is 24.4 Å². The molecule has 0 aliphatic heterocycles. The first kappa shape index (κ1) is 13.5. The SMILES string of the molecule is CCNc1nc(NCc2cccs2)nc(-n2cccn2)n1. The van der Waals surface area contributed by atoms with Crippen LogP contribution in [0.2, 0.25) is 0 Å². The Morgan fingerprint density at radius 2 is 2.00 bits per heavy atom. The van der Waals surface area contributed by atoms with Crippen molar-refractivity contribution in [2.24, 2.45) is 0 Å². The summed E-state index contributed by atoms with van der Waals surface area (Å²) >= 11 is 1.69. The Morgan fingerprint density at radius 1 is 1.14 bits per heavy atom. The molecule has 21 heavy (non-hydrogen) atoms. The Bertz CT molecular complexity index is 679. The molecular weight excluding hydrogens is 286 g/mol. The number of anilines is 2. The van der Waals surface area contributed by atoms with Gasteiger partial charge in [0.15, 0.2) is 0 Å². The summed E-state index contributed by atoms with van der Waals surface area (Å²) in [4.78, 5) is 14.3. The molecule has 0 aliphatic carbocycles. The van der Waals surface area contributed by atoms with Gasteiger partial charge in [0.1, 0.15) is 0 Å². The summed E-state index contributed by atoms with van der Waals surface area (Å²) in [6, 6.07) is 5.92. The first-order valence-electron chi connectivity index (χ1n) is 6.61. The fourth-order valence-electron chi connectivity index (χ4n) is 1.75. The third-order valence-corrected chi connectivity index (χ3v) is 3.55. The maximum absolute atomic E-state index is 4.39. The number of hydrogen-bond acceptors (Lipinski definition) is 7. The highest BCUT2D eigenvalue weighted by Crippen LogP contribution is 2.12. The predicted octanol–water partition coefficient (Wildman–Crippen LogP) is 2.16. The summed E-state index contributed by atoms with van der Waals surface area (Å²) < 4.78 is 1.61. The van der Waals surface area contributed by atoms with Gasteiger partial charge in [-0.1, -0.05) is 6.07 Å². The van der Waals surface area contributed by atoms with E-state index in [9.17, 15) is 0 Å². The van der Waals surface area contributed by atoms with E-state index in [-0.39, 0.29) is 0 Å². The molecule has 108 valence electrons. The van der Waals surface area contributed by atoms with Crippen molar-refractivity contribution in [3.05, 3.63) is 40.8 Å². The van der Waals surface area contributed by atoms with E-state index < -0.39 is 0 Å². The van der Waals surface area contributed by atoms with E-state index in [1.807, 2.05) is 24.4 Å². The normalized spacial score (nSPS) is 10.5. The Balaban J connectivity index is 1.84. The van der Waals surface area contributed by atoms with Gasteiger partial charge in [-0.2, -0.15) is 20.1 Å². The van der Waals surface area contributed by atoms with Gasteiger partial charge in [0.2, 0.25) is 11.9 Å². The first-order valence-corrected chi connectivity index (χ1v) is 7.49. The molecule has 0 atom stereocenters. The molecule has 0 aromatic carbocycles. The van der Waals surface area contributed by atoms with Crippen LogP contribution in [0.25, 0.3) is 5.95 Å². The van der Waals surface area contributed by atoms with Gasteiger partial charge in [0.05, 0.1) is 6.54 Å². The second-order valence-corrected chi connectivity index (χ2v) is 5.23. The molecule has 0 saturated heterocycles. The molecule has 3 heterocycles. The van der Waals surface area contributed by atoms with Crippen LogP contribution in [0.1, 0.15) is 11.8 Å². The number of nitrogens with zero attached hydrogens (tertiary/aromatic N) is 5. The third-order valence-electron chi connectivity index (χ3n) is 2.67.